The monoisotopic (exact) mass is 280 g/mol. The van der Waals surface area contributed by atoms with Crippen molar-refractivity contribution in [2.45, 2.75) is 70.4 Å². The van der Waals surface area contributed by atoms with E-state index in [-0.39, 0.29) is 11.3 Å². The number of carbonyl (C=O) groups is 1. The molecule has 4 fully saturated rings. The summed E-state index contributed by atoms with van der Waals surface area (Å²) in [6.07, 6.45) is 7.73. The highest BCUT2D eigenvalue weighted by atomic mass is 17.0. The van der Waals surface area contributed by atoms with Crippen LogP contribution in [0.1, 0.15) is 58.8 Å². The van der Waals surface area contributed by atoms with Crippen molar-refractivity contribution in [2.24, 2.45) is 23.2 Å². The Hall–Kier alpha value is -0.610. The molecule has 2 aliphatic heterocycles. The number of ether oxygens (including phenoxy) is 2. The van der Waals surface area contributed by atoms with E-state index in [1.165, 1.54) is 32.1 Å². The van der Waals surface area contributed by atoms with Gasteiger partial charge in [0.25, 0.3) is 0 Å². The molecule has 2 saturated carbocycles. The molecule has 4 heteroatoms. The van der Waals surface area contributed by atoms with Crippen LogP contribution >= 0.6 is 0 Å². The molecule has 0 radical (unpaired) electrons. The summed E-state index contributed by atoms with van der Waals surface area (Å²) in [5.41, 5.74) is -0.204. The van der Waals surface area contributed by atoms with Crippen LogP contribution < -0.4 is 0 Å². The van der Waals surface area contributed by atoms with Gasteiger partial charge >= 0.3 is 5.97 Å². The number of carboxylic acids is 1. The molecule has 112 valence electrons. The lowest BCUT2D eigenvalue weighted by molar-refractivity contribution is -0.151. The largest absolute Gasteiger partial charge is 0.481 e. The number of rotatable bonds is 3. The lowest BCUT2D eigenvalue weighted by Crippen LogP contribution is -2.46. The molecule has 2 saturated heterocycles. The highest BCUT2D eigenvalue weighted by Crippen LogP contribution is 2.79. The third-order valence-corrected chi connectivity index (χ3v) is 6.73. The van der Waals surface area contributed by atoms with Gasteiger partial charge in [-0.3, -0.25) is 4.79 Å². The van der Waals surface area contributed by atoms with Gasteiger partial charge in [0, 0.05) is 12.8 Å². The Morgan fingerprint density at radius 1 is 1.20 bits per heavy atom. The van der Waals surface area contributed by atoms with Gasteiger partial charge in [0.05, 0.1) is 5.92 Å². The number of carboxylic acid groups (broad SMARTS) is 1. The Kier molecular flexibility index (Phi) is 2.47. The van der Waals surface area contributed by atoms with E-state index < -0.39 is 17.5 Å². The van der Waals surface area contributed by atoms with Crippen LogP contribution in [0.2, 0.25) is 0 Å². The molecule has 0 aromatic heterocycles. The Morgan fingerprint density at radius 3 is 2.45 bits per heavy atom. The van der Waals surface area contributed by atoms with E-state index >= 15 is 0 Å². The third-order valence-electron chi connectivity index (χ3n) is 6.73. The fourth-order valence-corrected chi connectivity index (χ4v) is 5.08. The van der Waals surface area contributed by atoms with E-state index in [1.54, 1.807) is 0 Å². The molecule has 4 nitrogen and oxygen atoms in total. The van der Waals surface area contributed by atoms with Gasteiger partial charge in [0.15, 0.2) is 0 Å². The summed E-state index contributed by atoms with van der Waals surface area (Å²) in [6.45, 7) is 4.42. The van der Waals surface area contributed by atoms with Crippen molar-refractivity contribution < 1.29 is 19.4 Å². The van der Waals surface area contributed by atoms with Crippen LogP contribution in [-0.2, 0) is 14.3 Å². The van der Waals surface area contributed by atoms with Crippen LogP contribution in [-0.4, -0.2) is 22.7 Å². The van der Waals surface area contributed by atoms with E-state index in [2.05, 4.69) is 13.8 Å². The average molecular weight is 280 g/mol. The van der Waals surface area contributed by atoms with Crippen LogP contribution in [0.4, 0.5) is 0 Å². The predicted octanol–water partition coefficient (Wildman–Crippen LogP) is 3.16. The molecule has 2 heterocycles. The first-order chi connectivity index (χ1) is 9.43. The fraction of sp³-hybridized carbons (Fsp3) is 0.938. The van der Waals surface area contributed by atoms with E-state index in [1.807, 2.05) is 0 Å². The first-order valence-electron chi connectivity index (χ1n) is 8.06. The van der Waals surface area contributed by atoms with E-state index in [4.69, 9.17) is 9.47 Å². The summed E-state index contributed by atoms with van der Waals surface area (Å²) in [6, 6.07) is 0. The highest BCUT2D eigenvalue weighted by molar-refractivity contribution is 5.72. The van der Waals surface area contributed by atoms with E-state index in [0.29, 0.717) is 18.3 Å². The normalized spacial score (nSPS) is 51.8. The quantitative estimate of drug-likeness (QED) is 0.807. The molecule has 3 unspecified atom stereocenters. The second-order valence-electron chi connectivity index (χ2n) is 7.67. The molecule has 3 atom stereocenters. The van der Waals surface area contributed by atoms with Crippen LogP contribution in [0, 0.1) is 23.2 Å². The van der Waals surface area contributed by atoms with Crippen molar-refractivity contribution in [3.05, 3.63) is 0 Å². The van der Waals surface area contributed by atoms with Crippen molar-refractivity contribution in [3.63, 3.8) is 0 Å². The zero-order valence-electron chi connectivity index (χ0n) is 12.4. The van der Waals surface area contributed by atoms with E-state index in [0.717, 1.165) is 6.42 Å². The van der Waals surface area contributed by atoms with Gasteiger partial charge in [-0.2, -0.15) is 0 Å². The lowest BCUT2D eigenvalue weighted by atomic mass is 9.57. The van der Waals surface area contributed by atoms with Crippen molar-refractivity contribution in [1.82, 2.24) is 0 Å². The molecular weight excluding hydrogens is 256 g/mol. The summed E-state index contributed by atoms with van der Waals surface area (Å²) in [5.74, 6) is -0.818. The third kappa shape index (κ3) is 1.52. The molecule has 0 aromatic carbocycles. The summed E-state index contributed by atoms with van der Waals surface area (Å²) >= 11 is 0. The van der Waals surface area contributed by atoms with Crippen molar-refractivity contribution in [3.8, 4) is 0 Å². The number of aliphatic carboxylic acids is 1. The Morgan fingerprint density at radius 2 is 1.85 bits per heavy atom. The van der Waals surface area contributed by atoms with Crippen LogP contribution in [0.3, 0.4) is 0 Å². The molecule has 0 bridgehead atoms. The Balaban J connectivity index is 1.60. The number of hydrogen-bond donors (Lipinski definition) is 1. The van der Waals surface area contributed by atoms with Gasteiger partial charge in [-0.1, -0.05) is 46.0 Å². The smallest absolute Gasteiger partial charge is 0.307 e. The summed E-state index contributed by atoms with van der Waals surface area (Å²) < 4.78 is 11.3. The van der Waals surface area contributed by atoms with Gasteiger partial charge in [-0.05, 0) is 17.3 Å². The van der Waals surface area contributed by atoms with Crippen molar-refractivity contribution in [1.29, 1.82) is 0 Å². The van der Waals surface area contributed by atoms with Crippen molar-refractivity contribution >= 4 is 5.97 Å². The van der Waals surface area contributed by atoms with Gasteiger partial charge in [-0.25, -0.2) is 0 Å². The molecule has 4 rings (SSSR count). The molecule has 0 amide bonds. The Labute approximate surface area is 119 Å². The van der Waals surface area contributed by atoms with Gasteiger partial charge in [0.1, 0.15) is 0 Å². The second-order valence-corrected chi connectivity index (χ2v) is 7.67. The van der Waals surface area contributed by atoms with E-state index in [9.17, 15) is 9.90 Å². The minimum atomic E-state index is -0.677. The fourth-order valence-electron chi connectivity index (χ4n) is 5.08. The maximum absolute atomic E-state index is 11.8. The van der Waals surface area contributed by atoms with Crippen LogP contribution in [0.5, 0.6) is 0 Å². The molecule has 20 heavy (non-hydrogen) atoms. The van der Waals surface area contributed by atoms with Crippen LogP contribution in [0.25, 0.3) is 0 Å². The van der Waals surface area contributed by atoms with Gasteiger partial charge in [0.2, 0.25) is 11.6 Å². The molecule has 4 aliphatic rings. The molecule has 0 aromatic rings. The first-order valence-corrected chi connectivity index (χ1v) is 8.06. The standard InChI is InChI=1S/C16H24O4/c1-10(11-6-4-3-5-7-11)14(2)9-16-15(19-16,20-16)8-12(14)13(17)18/h10-12H,3-9H2,1-2H3,(H,17,18). The minimum Gasteiger partial charge on any atom is -0.481 e. The summed E-state index contributed by atoms with van der Waals surface area (Å²) in [7, 11) is 0. The van der Waals surface area contributed by atoms with Gasteiger partial charge in [-0.15, -0.1) is 0 Å². The first kappa shape index (κ1) is 13.1. The lowest BCUT2D eigenvalue weighted by Gasteiger charge is -2.45. The molecule has 2 aliphatic carbocycles. The number of epoxide rings is 2. The second kappa shape index (κ2) is 3.77. The average Bonchev–Trinajstić information content (AvgIpc) is 3.23. The van der Waals surface area contributed by atoms with Crippen LogP contribution in [0.15, 0.2) is 0 Å². The highest BCUT2D eigenvalue weighted by Gasteiger charge is 2.94. The predicted molar refractivity (Wildman–Crippen MR) is 71.8 cm³/mol. The van der Waals surface area contributed by atoms with Gasteiger partial charge < -0.3 is 14.6 Å². The minimum absolute atomic E-state index is 0.204. The zero-order valence-corrected chi connectivity index (χ0v) is 12.4. The maximum Gasteiger partial charge on any atom is 0.307 e. The summed E-state index contributed by atoms with van der Waals surface area (Å²) in [4.78, 5) is 11.8. The molecule has 1 N–H and O–H groups in total. The van der Waals surface area contributed by atoms with Crippen molar-refractivity contribution in [2.75, 3.05) is 0 Å². The summed E-state index contributed by atoms with van der Waals surface area (Å²) in [5, 5.41) is 9.68. The zero-order chi connectivity index (χ0) is 14.2. The SMILES string of the molecule is CC(C1CCCCC1)C1(C)CC23OC2(CC1C(=O)O)O3. The molecule has 0 spiro atoms. The number of hydrogen-bond acceptors (Lipinski definition) is 3. The Bertz CT molecular complexity index is 447. The molecular formula is C16H24O4. The topological polar surface area (TPSA) is 62.4 Å². The maximum atomic E-state index is 11.8.